The van der Waals surface area contributed by atoms with Crippen LogP contribution < -0.4 is 0 Å². The smallest absolute Gasteiger partial charge is 0.339 e. The lowest BCUT2D eigenvalue weighted by molar-refractivity contribution is -0.153. The molecule has 0 spiro atoms. The molecule has 0 aliphatic heterocycles. The molecule has 0 aliphatic rings. The van der Waals surface area contributed by atoms with Crippen molar-refractivity contribution in [3.8, 4) is 16.9 Å². The highest BCUT2D eigenvalue weighted by molar-refractivity contribution is 5.76. The van der Waals surface area contributed by atoms with Crippen molar-refractivity contribution in [1.29, 1.82) is 0 Å². The van der Waals surface area contributed by atoms with E-state index in [1.165, 1.54) is 0 Å². The number of aromatic hydroxyl groups is 1. The van der Waals surface area contributed by atoms with Crippen LogP contribution in [0.4, 0.5) is 0 Å². The number of phenols is 1. The van der Waals surface area contributed by atoms with Gasteiger partial charge >= 0.3 is 5.97 Å². The van der Waals surface area contributed by atoms with Crippen LogP contribution in [-0.4, -0.2) is 22.8 Å². The lowest BCUT2D eigenvalue weighted by atomic mass is 10.0. The Bertz CT molecular complexity index is 572. The van der Waals surface area contributed by atoms with Crippen molar-refractivity contribution in [3.05, 3.63) is 54.1 Å². The maximum absolute atomic E-state index is 11.4. The molecule has 0 heterocycles. The van der Waals surface area contributed by atoms with Gasteiger partial charge in [-0.25, -0.2) is 4.79 Å². The summed E-state index contributed by atoms with van der Waals surface area (Å²) in [6.45, 7) is 1.93. The molecule has 0 bridgehead atoms. The first kappa shape index (κ1) is 14.1. The van der Waals surface area contributed by atoms with Gasteiger partial charge in [-0.15, -0.1) is 0 Å². The maximum Gasteiger partial charge on any atom is 0.339 e. The van der Waals surface area contributed by atoms with Gasteiger partial charge in [0, 0.05) is 0 Å². The van der Waals surface area contributed by atoms with Gasteiger partial charge in [-0.05, 0) is 35.7 Å². The molecule has 20 heavy (non-hydrogen) atoms. The van der Waals surface area contributed by atoms with E-state index in [4.69, 9.17) is 4.74 Å². The van der Waals surface area contributed by atoms with E-state index in [1.54, 1.807) is 43.3 Å². The van der Waals surface area contributed by atoms with Gasteiger partial charge in [0.2, 0.25) is 0 Å². The molecule has 0 saturated carbocycles. The minimum Gasteiger partial charge on any atom is -0.508 e. The second kappa shape index (κ2) is 6.21. The third-order valence-corrected chi connectivity index (χ3v) is 2.94. The number of hydrogen-bond acceptors (Lipinski definition) is 4. The Morgan fingerprint density at radius 3 is 2.05 bits per heavy atom. The number of hydrogen-bond donors (Lipinski definition) is 2. The van der Waals surface area contributed by atoms with E-state index in [1.807, 2.05) is 12.1 Å². The van der Waals surface area contributed by atoms with E-state index in [0.717, 1.165) is 11.1 Å². The monoisotopic (exact) mass is 272 g/mol. The molecule has 4 heteroatoms. The molecule has 2 N–H and O–H groups in total. The molecule has 0 amide bonds. The molecule has 0 fully saturated rings. The van der Waals surface area contributed by atoms with Crippen LogP contribution in [0, 0.1) is 0 Å². The summed E-state index contributed by atoms with van der Waals surface area (Å²) >= 11 is 0. The number of carbonyl (C=O) groups excluding carboxylic acids is 1. The highest BCUT2D eigenvalue weighted by atomic mass is 16.5. The number of aliphatic hydroxyl groups is 1. The zero-order valence-electron chi connectivity index (χ0n) is 11.1. The van der Waals surface area contributed by atoms with Gasteiger partial charge in [0.25, 0.3) is 0 Å². The summed E-state index contributed by atoms with van der Waals surface area (Å²) in [4.78, 5) is 11.4. The van der Waals surface area contributed by atoms with E-state index in [2.05, 4.69) is 0 Å². The minimum atomic E-state index is -1.26. The van der Waals surface area contributed by atoms with Gasteiger partial charge in [-0.2, -0.15) is 0 Å². The number of benzene rings is 2. The van der Waals surface area contributed by atoms with Gasteiger partial charge in [0.05, 0.1) is 6.61 Å². The first-order valence-electron chi connectivity index (χ1n) is 6.36. The van der Waals surface area contributed by atoms with Gasteiger partial charge in [-0.1, -0.05) is 36.4 Å². The van der Waals surface area contributed by atoms with Gasteiger partial charge in [0.1, 0.15) is 5.75 Å². The molecule has 2 rings (SSSR count). The Balaban J connectivity index is 2.17. The average Bonchev–Trinajstić information content (AvgIpc) is 2.48. The SMILES string of the molecule is CCOC(=O)C(O)c1ccc(-c2ccc(O)cc2)cc1. The summed E-state index contributed by atoms with van der Waals surface area (Å²) in [5.74, 6) is -0.437. The van der Waals surface area contributed by atoms with Crippen LogP contribution in [0.25, 0.3) is 11.1 Å². The van der Waals surface area contributed by atoms with Crippen LogP contribution in [-0.2, 0) is 9.53 Å². The quantitative estimate of drug-likeness (QED) is 0.840. The van der Waals surface area contributed by atoms with Gasteiger partial charge in [0.15, 0.2) is 6.10 Å². The summed E-state index contributed by atoms with van der Waals surface area (Å²) in [5, 5.41) is 19.1. The van der Waals surface area contributed by atoms with Crippen LogP contribution in [0.15, 0.2) is 48.5 Å². The van der Waals surface area contributed by atoms with Crippen molar-refractivity contribution < 1.29 is 19.7 Å². The van der Waals surface area contributed by atoms with Crippen LogP contribution in [0.3, 0.4) is 0 Å². The van der Waals surface area contributed by atoms with Gasteiger partial charge < -0.3 is 14.9 Å². The molecule has 2 aromatic carbocycles. The fourth-order valence-electron chi connectivity index (χ4n) is 1.87. The maximum atomic E-state index is 11.4. The van der Waals surface area contributed by atoms with Crippen molar-refractivity contribution in [2.24, 2.45) is 0 Å². The van der Waals surface area contributed by atoms with Crippen molar-refractivity contribution in [1.82, 2.24) is 0 Å². The largest absolute Gasteiger partial charge is 0.508 e. The molecule has 0 saturated heterocycles. The molecule has 1 unspecified atom stereocenters. The number of carbonyl (C=O) groups is 1. The number of aliphatic hydroxyl groups excluding tert-OH is 1. The van der Waals surface area contributed by atoms with E-state index in [9.17, 15) is 15.0 Å². The summed E-state index contributed by atoms with van der Waals surface area (Å²) in [6, 6.07) is 13.8. The zero-order chi connectivity index (χ0) is 14.5. The molecule has 104 valence electrons. The second-order valence-electron chi connectivity index (χ2n) is 4.32. The van der Waals surface area contributed by atoms with Crippen molar-refractivity contribution >= 4 is 5.97 Å². The third-order valence-electron chi connectivity index (χ3n) is 2.94. The number of phenolic OH excluding ortho intramolecular Hbond substituents is 1. The Hall–Kier alpha value is -2.33. The first-order valence-corrected chi connectivity index (χ1v) is 6.36. The Morgan fingerprint density at radius 1 is 1.05 bits per heavy atom. The Morgan fingerprint density at radius 2 is 1.55 bits per heavy atom. The van der Waals surface area contributed by atoms with E-state index in [0.29, 0.717) is 5.56 Å². The molecule has 0 aliphatic carbocycles. The molecule has 1 atom stereocenters. The Kier molecular flexibility index (Phi) is 4.38. The summed E-state index contributed by atoms with van der Waals surface area (Å²) in [7, 11) is 0. The standard InChI is InChI=1S/C16H16O4/c1-2-20-16(19)15(18)13-5-3-11(4-6-13)12-7-9-14(17)10-8-12/h3-10,15,17-18H,2H2,1H3. The molecule has 4 nitrogen and oxygen atoms in total. The van der Waals surface area contributed by atoms with E-state index in [-0.39, 0.29) is 12.4 Å². The fraction of sp³-hybridized carbons (Fsp3) is 0.188. The topological polar surface area (TPSA) is 66.8 Å². The van der Waals surface area contributed by atoms with Crippen LogP contribution in [0.2, 0.25) is 0 Å². The third kappa shape index (κ3) is 3.16. The fourth-order valence-corrected chi connectivity index (χ4v) is 1.87. The molecule has 0 radical (unpaired) electrons. The molecular formula is C16H16O4. The van der Waals surface area contributed by atoms with Crippen LogP contribution in [0.1, 0.15) is 18.6 Å². The lowest BCUT2D eigenvalue weighted by Crippen LogP contribution is -2.15. The normalized spacial score (nSPS) is 11.9. The predicted molar refractivity (Wildman–Crippen MR) is 75.1 cm³/mol. The van der Waals surface area contributed by atoms with Crippen molar-refractivity contribution in [3.63, 3.8) is 0 Å². The molecule has 2 aromatic rings. The molecule has 0 aromatic heterocycles. The van der Waals surface area contributed by atoms with E-state index < -0.39 is 12.1 Å². The highest BCUT2D eigenvalue weighted by Gasteiger charge is 2.18. The summed E-state index contributed by atoms with van der Waals surface area (Å²) < 4.78 is 4.77. The second-order valence-corrected chi connectivity index (χ2v) is 4.32. The summed E-state index contributed by atoms with van der Waals surface area (Å²) in [6.07, 6.45) is -1.26. The minimum absolute atomic E-state index is 0.211. The Labute approximate surface area is 117 Å². The highest BCUT2D eigenvalue weighted by Crippen LogP contribution is 2.24. The van der Waals surface area contributed by atoms with E-state index >= 15 is 0 Å². The number of rotatable bonds is 4. The summed E-state index contributed by atoms with van der Waals surface area (Å²) in [5.41, 5.74) is 2.37. The lowest BCUT2D eigenvalue weighted by Gasteiger charge is -2.10. The van der Waals surface area contributed by atoms with Crippen LogP contribution in [0.5, 0.6) is 5.75 Å². The van der Waals surface area contributed by atoms with Crippen molar-refractivity contribution in [2.45, 2.75) is 13.0 Å². The predicted octanol–water partition coefficient (Wildman–Crippen LogP) is 2.66. The number of ether oxygens (including phenoxy) is 1. The average molecular weight is 272 g/mol. The van der Waals surface area contributed by atoms with Crippen LogP contribution >= 0.6 is 0 Å². The zero-order valence-corrected chi connectivity index (χ0v) is 11.1. The van der Waals surface area contributed by atoms with Crippen molar-refractivity contribution in [2.75, 3.05) is 6.61 Å². The number of esters is 1. The first-order chi connectivity index (χ1) is 9.61. The van der Waals surface area contributed by atoms with Gasteiger partial charge in [-0.3, -0.25) is 0 Å². The molecular weight excluding hydrogens is 256 g/mol.